The molecule has 2 fully saturated rings. The lowest BCUT2D eigenvalue weighted by molar-refractivity contribution is -0.157. The Bertz CT molecular complexity index is 1160. The van der Waals surface area contributed by atoms with Crippen molar-refractivity contribution in [1.29, 1.82) is 0 Å². The number of benzene rings is 2. The molecule has 0 radical (unpaired) electrons. The van der Waals surface area contributed by atoms with Crippen molar-refractivity contribution in [3.8, 4) is 0 Å². The van der Waals surface area contributed by atoms with Crippen molar-refractivity contribution in [3.63, 3.8) is 0 Å². The Morgan fingerprint density at radius 3 is 2.46 bits per heavy atom. The summed E-state index contributed by atoms with van der Waals surface area (Å²) in [4.78, 5) is 26.8. The van der Waals surface area contributed by atoms with Crippen LogP contribution in [0.1, 0.15) is 54.7 Å². The Kier molecular flexibility index (Phi) is 6.53. The van der Waals surface area contributed by atoms with E-state index < -0.39 is 5.91 Å². The molecule has 0 atom stereocenters. The number of aromatic nitrogens is 2. The third-order valence-corrected chi connectivity index (χ3v) is 7.15. The first-order chi connectivity index (χ1) is 17.0. The number of carbonyl (C=O) groups excluding carboxylic acids is 2. The van der Waals surface area contributed by atoms with Crippen molar-refractivity contribution in [2.75, 3.05) is 29.9 Å². The minimum atomic E-state index is -0.425. The van der Waals surface area contributed by atoms with Crippen molar-refractivity contribution in [2.45, 2.75) is 39.0 Å². The van der Waals surface area contributed by atoms with Gasteiger partial charge in [-0.05, 0) is 67.9 Å². The molecule has 0 unspecified atom stereocenters. The topological polar surface area (TPSA) is 97.6 Å². The number of hydrogen-bond donors (Lipinski definition) is 1. The first-order valence-corrected chi connectivity index (χ1v) is 12.2. The fourth-order valence-electron chi connectivity index (χ4n) is 5.19. The molecule has 8 heteroatoms. The van der Waals surface area contributed by atoms with Crippen LogP contribution in [0.15, 0.2) is 59.0 Å². The molecule has 1 aromatic heterocycles. The molecule has 5 rings (SSSR count). The first kappa shape index (κ1) is 23.1. The second kappa shape index (κ2) is 9.90. The number of amides is 1. The van der Waals surface area contributed by atoms with Gasteiger partial charge in [-0.3, -0.25) is 9.59 Å². The number of esters is 1. The van der Waals surface area contributed by atoms with Gasteiger partial charge in [0.15, 0.2) is 0 Å². The van der Waals surface area contributed by atoms with E-state index in [0.717, 1.165) is 50.0 Å². The number of piperidine rings is 1. The number of anilines is 2. The third kappa shape index (κ3) is 5.21. The molecule has 1 N–H and O–H groups in total. The van der Waals surface area contributed by atoms with E-state index in [0.29, 0.717) is 30.0 Å². The van der Waals surface area contributed by atoms with Crippen LogP contribution in [0.25, 0.3) is 0 Å². The van der Waals surface area contributed by atoms with Gasteiger partial charge in [-0.25, -0.2) is 0 Å². The molecular weight excluding hydrogens is 444 g/mol. The molecule has 0 bridgehead atoms. The standard InChI is InChI=1S/C27H30N4O4/c1-2-34-26(33)20-17-27(18-20)12-14-31(15-13-27)22-10-8-21(9-11-22)28-24(32)25-30-29-23(35-25)16-19-6-4-3-5-7-19/h3-11,20H,2,12-18H2,1H3,(H,28,32). The Morgan fingerprint density at radius 2 is 1.77 bits per heavy atom. The summed E-state index contributed by atoms with van der Waals surface area (Å²) in [5.74, 6) is -0.0306. The highest BCUT2D eigenvalue weighted by Crippen LogP contribution is 2.53. The molecule has 2 aromatic carbocycles. The fraction of sp³-hybridized carbons (Fsp3) is 0.407. The lowest BCUT2D eigenvalue weighted by Gasteiger charge is -2.51. The quantitative estimate of drug-likeness (QED) is 0.505. The number of ether oxygens (including phenoxy) is 1. The van der Waals surface area contributed by atoms with Gasteiger partial charge in [0, 0.05) is 24.5 Å². The normalized spacial score (nSPS) is 17.1. The van der Waals surface area contributed by atoms with Crippen LogP contribution >= 0.6 is 0 Å². The maximum Gasteiger partial charge on any atom is 0.313 e. The molecule has 1 aliphatic carbocycles. The maximum atomic E-state index is 12.5. The van der Waals surface area contributed by atoms with E-state index in [1.807, 2.05) is 61.5 Å². The molecular formula is C27H30N4O4. The Balaban J connectivity index is 1.11. The van der Waals surface area contributed by atoms with Gasteiger partial charge in [0.05, 0.1) is 18.9 Å². The van der Waals surface area contributed by atoms with Gasteiger partial charge < -0.3 is 19.4 Å². The van der Waals surface area contributed by atoms with Crippen molar-refractivity contribution in [1.82, 2.24) is 10.2 Å². The summed E-state index contributed by atoms with van der Waals surface area (Å²) >= 11 is 0. The van der Waals surface area contributed by atoms with Gasteiger partial charge in [-0.15, -0.1) is 10.2 Å². The summed E-state index contributed by atoms with van der Waals surface area (Å²) in [7, 11) is 0. The van der Waals surface area contributed by atoms with E-state index in [1.54, 1.807) is 0 Å². The van der Waals surface area contributed by atoms with Crippen LogP contribution in [-0.4, -0.2) is 41.8 Å². The Labute approximate surface area is 204 Å². The van der Waals surface area contributed by atoms with Gasteiger partial charge >= 0.3 is 17.8 Å². The predicted molar refractivity (Wildman–Crippen MR) is 131 cm³/mol. The average molecular weight is 475 g/mol. The van der Waals surface area contributed by atoms with Crippen LogP contribution in [0.2, 0.25) is 0 Å². The zero-order valence-corrected chi connectivity index (χ0v) is 19.9. The minimum absolute atomic E-state index is 0.0360. The van der Waals surface area contributed by atoms with E-state index in [9.17, 15) is 9.59 Å². The van der Waals surface area contributed by atoms with Crippen molar-refractivity contribution in [3.05, 3.63) is 71.9 Å². The monoisotopic (exact) mass is 474 g/mol. The van der Waals surface area contributed by atoms with Crippen molar-refractivity contribution in [2.24, 2.45) is 11.3 Å². The summed E-state index contributed by atoms with van der Waals surface area (Å²) in [5.41, 5.74) is 3.14. The number of nitrogens with one attached hydrogen (secondary N) is 1. The molecule has 1 spiro atoms. The molecule has 35 heavy (non-hydrogen) atoms. The zero-order chi connectivity index (χ0) is 24.3. The number of carbonyl (C=O) groups is 2. The zero-order valence-electron chi connectivity index (χ0n) is 19.9. The molecule has 3 aromatic rings. The van der Waals surface area contributed by atoms with Crippen LogP contribution < -0.4 is 10.2 Å². The SMILES string of the molecule is CCOC(=O)C1CC2(CCN(c3ccc(NC(=O)c4nnc(Cc5ccccc5)o4)cc3)CC2)C1. The van der Waals surface area contributed by atoms with Crippen LogP contribution in [0.4, 0.5) is 11.4 Å². The molecule has 1 saturated carbocycles. The predicted octanol–water partition coefficient (Wildman–Crippen LogP) is 4.47. The van der Waals surface area contributed by atoms with Crippen LogP contribution in [0.5, 0.6) is 0 Å². The molecule has 1 saturated heterocycles. The average Bonchev–Trinajstić information content (AvgIpc) is 3.32. The molecule has 8 nitrogen and oxygen atoms in total. The second-order valence-corrected chi connectivity index (χ2v) is 9.51. The summed E-state index contributed by atoms with van der Waals surface area (Å²) in [5, 5.41) is 10.7. The van der Waals surface area contributed by atoms with E-state index >= 15 is 0 Å². The molecule has 2 heterocycles. The third-order valence-electron chi connectivity index (χ3n) is 7.15. The molecule has 1 aliphatic heterocycles. The smallest absolute Gasteiger partial charge is 0.313 e. The van der Waals surface area contributed by atoms with Crippen molar-refractivity contribution < 1.29 is 18.7 Å². The van der Waals surface area contributed by atoms with Gasteiger partial charge in [-0.2, -0.15) is 0 Å². The lowest BCUT2D eigenvalue weighted by atomic mass is 9.57. The number of hydrogen-bond acceptors (Lipinski definition) is 7. The summed E-state index contributed by atoms with van der Waals surface area (Å²) in [6.45, 7) is 4.24. The summed E-state index contributed by atoms with van der Waals surface area (Å²) in [6.07, 6.45) is 4.56. The van der Waals surface area contributed by atoms with E-state index in [1.165, 1.54) is 0 Å². The van der Waals surface area contributed by atoms with E-state index in [4.69, 9.17) is 9.15 Å². The van der Waals surface area contributed by atoms with Crippen molar-refractivity contribution >= 4 is 23.3 Å². The van der Waals surface area contributed by atoms with Crippen LogP contribution in [0, 0.1) is 11.3 Å². The van der Waals surface area contributed by atoms with Crippen LogP contribution in [0.3, 0.4) is 0 Å². The molecule has 2 aliphatic rings. The Hall–Kier alpha value is -3.68. The summed E-state index contributed by atoms with van der Waals surface area (Å²) in [6, 6.07) is 17.6. The van der Waals surface area contributed by atoms with Gasteiger partial charge in [0.2, 0.25) is 5.89 Å². The highest BCUT2D eigenvalue weighted by molar-refractivity contribution is 6.00. The number of rotatable bonds is 7. The second-order valence-electron chi connectivity index (χ2n) is 9.51. The van der Waals surface area contributed by atoms with E-state index in [2.05, 4.69) is 20.4 Å². The molecule has 1 amide bonds. The highest BCUT2D eigenvalue weighted by atomic mass is 16.5. The number of nitrogens with zero attached hydrogens (tertiary/aromatic N) is 3. The van der Waals surface area contributed by atoms with E-state index in [-0.39, 0.29) is 17.8 Å². The van der Waals surface area contributed by atoms with Crippen LogP contribution in [-0.2, 0) is 16.0 Å². The molecule has 182 valence electrons. The maximum absolute atomic E-state index is 12.5. The van der Waals surface area contributed by atoms with Gasteiger partial charge in [0.25, 0.3) is 0 Å². The largest absolute Gasteiger partial charge is 0.466 e. The summed E-state index contributed by atoms with van der Waals surface area (Å²) < 4.78 is 10.7. The first-order valence-electron chi connectivity index (χ1n) is 12.2. The Morgan fingerprint density at radius 1 is 1.06 bits per heavy atom. The lowest BCUT2D eigenvalue weighted by Crippen LogP contribution is -2.49. The van der Waals surface area contributed by atoms with Gasteiger partial charge in [0.1, 0.15) is 0 Å². The minimum Gasteiger partial charge on any atom is -0.466 e. The van der Waals surface area contributed by atoms with Gasteiger partial charge in [-0.1, -0.05) is 30.3 Å². The fourth-order valence-corrected chi connectivity index (χ4v) is 5.19. The highest BCUT2D eigenvalue weighted by Gasteiger charge is 2.49.